The van der Waals surface area contributed by atoms with Gasteiger partial charge in [-0.25, -0.2) is 12.2 Å². The van der Waals surface area contributed by atoms with E-state index in [1.807, 2.05) is 12.2 Å². The van der Waals surface area contributed by atoms with E-state index in [0.717, 1.165) is 6.42 Å². The van der Waals surface area contributed by atoms with Gasteiger partial charge in [-0.05, 0) is 0 Å². The van der Waals surface area contributed by atoms with Crippen LogP contribution in [0.3, 0.4) is 0 Å². The van der Waals surface area contributed by atoms with Gasteiger partial charge >= 0.3 is 41.8 Å². The molecule has 0 radical (unpaired) electrons. The molecule has 0 aromatic heterocycles. The monoisotopic (exact) mass is 221 g/mol. The molecule has 1 aliphatic rings. The molecule has 1 rings (SSSR count). The Labute approximate surface area is 72.3 Å². The summed E-state index contributed by atoms with van der Waals surface area (Å²) in [5.74, 6) is 0. The van der Waals surface area contributed by atoms with Gasteiger partial charge in [-0.1, -0.05) is 0 Å². The summed E-state index contributed by atoms with van der Waals surface area (Å²) >= 11 is -1.77. The van der Waals surface area contributed by atoms with Crippen LogP contribution in [0.25, 0.3) is 0 Å². The number of hydrogen-bond acceptors (Lipinski definition) is 0. The van der Waals surface area contributed by atoms with Crippen LogP contribution in [0, 0.1) is 6.08 Å². The summed E-state index contributed by atoms with van der Waals surface area (Å²) in [5.41, 5.74) is 0. The van der Waals surface area contributed by atoms with Gasteiger partial charge in [0.05, 0.1) is 0 Å². The maximum absolute atomic E-state index is 4.95. The van der Waals surface area contributed by atoms with Crippen molar-refractivity contribution in [1.29, 1.82) is 0 Å². The molecular weight excluding hydrogens is 217 g/mol. The zero-order chi connectivity index (χ0) is 7.11. The molecule has 0 atom stereocenters. The van der Waals surface area contributed by atoms with Crippen LogP contribution < -0.4 is 0 Å². The van der Waals surface area contributed by atoms with E-state index in [9.17, 15) is 0 Å². The summed E-state index contributed by atoms with van der Waals surface area (Å²) in [6.07, 6.45) is 10.0. The molecule has 0 amide bonds. The normalized spacial score (nSPS) is 13.8. The SMILES string of the molecule is [C-]1=CC=CC1.[Cl][V]([Cl])[Cl]. The Hall–Kier alpha value is 0.934. The third kappa shape index (κ3) is 12.2. The zero-order valence-corrected chi connectivity index (χ0v) is 8.18. The fourth-order valence-electron chi connectivity index (χ4n) is 0.340. The molecule has 0 aromatic rings. The van der Waals surface area contributed by atoms with Gasteiger partial charge in [0.15, 0.2) is 0 Å². The fraction of sp³-hybridized carbons (Fsp3) is 0.200. The van der Waals surface area contributed by atoms with Gasteiger partial charge in [0.25, 0.3) is 0 Å². The third-order valence-corrected chi connectivity index (χ3v) is 0.586. The first-order chi connectivity index (χ1) is 4.23. The molecule has 0 aromatic carbocycles. The van der Waals surface area contributed by atoms with Crippen molar-refractivity contribution in [3.05, 3.63) is 24.3 Å². The van der Waals surface area contributed by atoms with Gasteiger partial charge in [0, 0.05) is 0 Å². The van der Waals surface area contributed by atoms with E-state index in [4.69, 9.17) is 29.5 Å². The molecule has 0 saturated carbocycles. The Morgan fingerprint density at radius 1 is 1.33 bits per heavy atom. The Morgan fingerprint density at radius 3 is 2.00 bits per heavy atom. The number of allylic oxidation sites excluding steroid dienone is 4. The molecule has 0 aliphatic heterocycles. The van der Waals surface area contributed by atoms with Gasteiger partial charge in [-0.2, -0.15) is 6.08 Å². The van der Waals surface area contributed by atoms with Crippen molar-refractivity contribution in [3.63, 3.8) is 0 Å². The number of rotatable bonds is 0. The summed E-state index contributed by atoms with van der Waals surface area (Å²) < 4.78 is 0. The van der Waals surface area contributed by atoms with Crippen molar-refractivity contribution in [1.82, 2.24) is 0 Å². The quantitative estimate of drug-likeness (QED) is 0.551. The molecule has 52 valence electrons. The van der Waals surface area contributed by atoms with Crippen LogP contribution in [-0.2, 0) is 12.3 Å². The van der Waals surface area contributed by atoms with Crippen molar-refractivity contribution >= 4 is 29.5 Å². The van der Waals surface area contributed by atoms with Gasteiger partial charge in [0.2, 0.25) is 0 Å². The first-order valence-corrected chi connectivity index (χ1v) is 7.99. The molecule has 1 aliphatic carbocycles. The van der Waals surface area contributed by atoms with Crippen LogP contribution >= 0.6 is 29.5 Å². The summed E-state index contributed by atoms with van der Waals surface area (Å²) in [4.78, 5) is 0. The van der Waals surface area contributed by atoms with Crippen LogP contribution in [-0.4, -0.2) is 0 Å². The maximum atomic E-state index is 4.95. The zero-order valence-electron chi connectivity index (χ0n) is 4.52. The molecule has 4 heteroatoms. The first kappa shape index (κ1) is 9.93. The van der Waals surface area contributed by atoms with Crippen LogP contribution in [0.5, 0.6) is 0 Å². The van der Waals surface area contributed by atoms with Gasteiger partial charge in [-0.15, -0.1) is 6.42 Å². The number of halogens is 3. The van der Waals surface area contributed by atoms with Crippen LogP contribution in [0.1, 0.15) is 6.42 Å². The second-order valence-corrected chi connectivity index (χ2v) is 8.12. The second-order valence-electron chi connectivity index (χ2n) is 1.19. The predicted molar refractivity (Wildman–Crippen MR) is 39.1 cm³/mol. The summed E-state index contributed by atoms with van der Waals surface area (Å²) in [6, 6.07) is 0. The third-order valence-electron chi connectivity index (χ3n) is 0.586. The Morgan fingerprint density at radius 2 is 1.89 bits per heavy atom. The van der Waals surface area contributed by atoms with Crippen molar-refractivity contribution in [2.24, 2.45) is 0 Å². The number of hydrogen-bond donors (Lipinski definition) is 0. The van der Waals surface area contributed by atoms with E-state index in [2.05, 4.69) is 12.2 Å². The van der Waals surface area contributed by atoms with Crippen LogP contribution in [0.2, 0.25) is 0 Å². The van der Waals surface area contributed by atoms with E-state index < -0.39 is 12.3 Å². The van der Waals surface area contributed by atoms with Gasteiger partial charge in [-0.3, -0.25) is 6.08 Å². The molecule has 0 fully saturated rings. The van der Waals surface area contributed by atoms with Gasteiger partial charge < -0.3 is 0 Å². The van der Waals surface area contributed by atoms with E-state index in [0.29, 0.717) is 0 Å². The summed E-state index contributed by atoms with van der Waals surface area (Å²) in [5, 5.41) is 0. The minimum absolute atomic E-state index is 1.01. The molecule has 0 heterocycles. The molecule has 0 nitrogen and oxygen atoms in total. The minimum atomic E-state index is -1.77. The first-order valence-electron chi connectivity index (χ1n) is 2.22. The van der Waals surface area contributed by atoms with Crippen molar-refractivity contribution in [2.45, 2.75) is 6.42 Å². The molecule has 0 N–H and O–H groups in total. The molecular formula is C5H5Cl3V-. The van der Waals surface area contributed by atoms with E-state index in [-0.39, 0.29) is 0 Å². The average molecular weight is 222 g/mol. The summed E-state index contributed by atoms with van der Waals surface area (Å²) in [7, 11) is 14.9. The second kappa shape index (κ2) is 7.05. The van der Waals surface area contributed by atoms with Gasteiger partial charge in [0.1, 0.15) is 0 Å². The average Bonchev–Trinajstić information content (AvgIpc) is 2.11. The predicted octanol–water partition coefficient (Wildman–Crippen LogP) is 3.37. The molecule has 0 spiro atoms. The molecule has 9 heavy (non-hydrogen) atoms. The molecule has 0 bridgehead atoms. The van der Waals surface area contributed by atoms with Crippen LogP contribution in [0.15, 0.2) is 18.2 Å². The van der Waals surface area contributed by atoms with Crippen molar-refractivity contribution < 1.29 is 12.3 Å². The van der Waals surface area contributed by atoms with E-state index in [1.165, 1.54) is 0 Å². The standard InChI is InChI=1S/C5H5.3ClH.V/c1-2-4-5-3-1;;;;/h1-3H,4H2;3*1H;/q-1;;;;+3/p-3. The van der Waals surface area contributed by atoms with E-state index in [1.54, 1.807) is 0 Å². The Balaban J connectivity index is 0.000000148. The molecule has 0 unspecified atom stereocenters. The Bertz CT molecular complexity index is 96.0. The fourth-order valence-corrected chi connectivity index (χ4v) is 0.340. The molecule has 0 saturated heterocycles. The Kier molecular flexibility index (Phi) is 7.78. The summed E-state index contributed by atoms with van der Waals surface area (Å²) in [6.45, 7) is 0. The van der Waals surface area contributed by atoms with Crippen molar-refractivity contribution in [2.75, 3.05) is 0 Å². The topological polar surface area (TPSA) is 0 Å². The van der Waals surface area contributed by atoms with E-state index >= 15 is 0 Å². The van der Waals surface area contributed by atoms with Crippen LogP contribution in [0.4, 0.5) is 0 Å². The van der Waals surface area contributed by atoms with Crippen molar-refractivity contribution in [3.8, 4) is 0 Å².